The summed E-state index contributed by atoms with van der Waals surface area (Å²) >= 11 is 0. The van der Waals surface area contributed by atoms with Gasteiger partial charge in [0.25, 0.3) is 10.0 Å². The minimum atomic E-state index is -4.06. The molecule has 4 fully saturated rings. The van der Waals surface area contributed by atoms with Crippen molar-refractivity contribution in [2.45, 2.75) is 129 Å². The molecule has 1 aromatic carbocycles. The Kier molecular flexibility index (Phi) is 8.38. The van der Waals surface area contributed by atoms with E-state index >= 15 is 0 Å². The number of benzene rings is 1. The highest BCUT2D eigenvalue weighted by Gasteiger charge is 2.62. The maximum atomic E-state index is 13.1. The maximum absolute atomic E-state index is 13.1. The van der Waals surface area contributed by atoms with Gasteiger partial charge in [-0.25, -0.2) is 17.9 Å². The van der Waals surface area contributed by atoms with Gasteiger partial charge in [0.2, 0.25) is 0 Å². The second-order valence-electron chi connectivity index (χ2n) is 16.4. The fourth-order valence-corrected chi connectivity index (χ4v) is 12.2. The Morgan fingerprint density at radius 3 is 2.50 bits per heavy atom. The fraction of sp³-hybridized carbons (Fsp3) is 0.806. The van der Waals surface area contributed by atoms with Gasteiger partial charge in [-0.05, 0) is 154 Å². The molecule has 7 nitrogen and oxygen atoms in total. The van der Waals surface area contributed by atoms with Crippen LogP contribution in [0.15, 0.2) is 23.1 Å². The zero-order chi connectivity index (χ0) is 31.7. The van der Waals surface area contributed by atoms with Crippen molar-refractivity contribution < 1.29 is 27.8 Å². The predicted molar refractivity (Wildman–Crippen MR) is 171 cm³/mol. The number of ether oxygens (including phenoxy) is 2. The third kappa shape index (κ3) is 5.58. The lowest BCUT2D eigenvalue weighted by atomic mass is 9.42. The number of rotatable bonds is 6. The lowest BCUT2D eigenvalue weighted by Crippen LogP contribution is -2.56. The quantitative estimate of drug-likeness (QED) is 0.338. The molecule has 5 aliphatic rings. The highest BCUT2D eigenvalue weighted by molar-refractivity contribution is 7.90. The summed E-state index contributed by atoms with van der Waals surface area (Å²) in [6.45, 7) is 13.8. The molecular weight excluding hydrogens is 574 g/mol. The van der Waals surface area contributed by atoms with E-state index in [0.29, 0.717) is 34.8 Å². The molecule has 4 saturated carbocycles. The molecule has 0 bridgehead atoms. The fourth-order valence-electron chi connectivity index (χ4n) is 11.2. The number of sulfonamides is 1. The minimum Gasteiger partial charge on any atom is -0.488 e. The van der Waals surface area contributed by atoms with E-state index in [9.17, 15) is 18.3 Å². The Labute approximate surface area is 265 Å². The zero-order valence-corrected chi connectivity index (χ0v) is 28.5. The summed E-state index contributed by atoms with van der Waals surface area (Å²) in [6, 6.07) is 4.77. The van der Waals surface area contributed by atoms with Crippen LogP contribution in [0.3, 0.4) is 0 Å². The summed E-state index contributed by atoms with van der Waals surface area (Å²) in [7, 11) is -4.06. The molecule has 1 aliphatic heterocycles. The molecule has 0 saturated heterocycles. The summed E-state index contributed by atoms with van der Waals surface area (Å²) in [5.74, 6) is 4.78. The van der Waals surface area contributed by atoms with Crippen LogP contribution < -0.4 is 9.46 Å². The Morgan fingerprint density at radius 2 is 1.75 bits per heavy atom. The number of hydrogen-bond donors (Lipinski definition) is 2. The second-order valence-corrected chi connectivity index (χ2v) is 18.0. The van der Waals surface area contributed by atoms with E-state index in [0.717, 1.165) is 55.9 Å². The number of amides is 1. The first kappa shape index (κ1) is 32.2. The zero-order valence-electron chi connectivity index (χ0n) is 27.7. The van der Waals surface area contributed by atoms with E-state index in [1.807, 2.05) is 13.8 Å². The van der Waals surface area contributed by atoms with Crippen molar-refractivity contribution >= 4 is 16.1 Å². The number of carbonyl (C=O) groups excluding carboxylic acids is 1. The Bertz CT molecular complexity index is 1360. The normalized spacial score (nSPS) is 39.9. The summed E-state index contributed by atoms with van der Waals surface area (Å²) < 4.78 is 39.8. The van der Waals surface area contributed by atoms with Gasteiger partial charge in [0, 0.05) is 0 Å². The standard InChI is InChI=1S/C36H55NO6S/c1-7-23-19-27-29-10-9-28(35(29,5)17-14-30(27)36(6)16-13-25(38)20-31(23)36)22(2)21-42-33(39)37-44(40,41)26-8-11-32-24(18-26)12-15-34(3,4)43-32/h8,11,18,22-23,25,27-31,38H,7,9-10,12-17,19-21H2,1-6H3,(H,37,39)/t22-,23+,25+,27+,28-,29?,30+,31+,35-,36-/m1/s1. The molecule has 10 atom stereocenters. The Morgan fingerprint density at radius 1 is 1.02 bits per heavy atom. The SMILES string of the molecule is CC[C@H]1C[C@H]2C3CC[C@H]([C@H](C)COC(=O)NS(=O)(=O)c4ccc5c(c4)CCC(C)(C)O5)[C@@]3(C)CC[C@@H]2[C@@]2(C)CC[C@H](O)C[C@@H]12. The van der Waals surface area contributed by atoms with Crippen molar-refractivity contribution in [3.05, 3.63) is 23.8 Å². The number of hydrogen-bond acceptors (Lipinski definition) is 6. The van der Waals surface area contributed by atoms with Crippen LogP contribution in [0.2, 0.25) is 0 Å². The van der Waals surface area contributed by atoms with Crippen LogP contribution in [-0.2, 0) is 21.2 Å². The largest absolute Gasteiger partial charge is 0.488 e. The van der Waals surface area contributed by atoms with Crippen LogP contribution in [0.4, 0.5) is 4.79 Å². The van der Waals surface area contributed by atoms with E-state index in [4.69, 9.17) is 9.47 Å². The van der Waals surface area contributed by atoms with Crippen LogP contribution in [-0.4, -0.2) is 37.9 Å². The van der Waals surface area contributed by atoms with Crippen molar-refractivity contribution in [2.24, 2.45) is 52.3 Å². The molecule has 0 radical (unpaired) electrons. The van der Waals surface area contributed by atoms with Gasteiger partial charge in [0.15, 0.2) is 0 Å². The first-order chi connectivity index (χ1) is 20.7. The van der Waals surface area contributed by atoms with Gasteiger partial charge in [-0.2, -0.15) is 0 Å². The van der Waals surface area contributed by atoms with E-state index in [-0.39, 0.29) is 34.5 Å². The Hall–Kier alpha value is -1.80. The predicted octanol–water partition coefficient (Wildman–Crippen LogP) is 7.50. The molecule has 1 unspecified atom stereocenters. The van der Waals surface area contributed by atoms with Gasteiger partial charge in [0.1, 0.15) is 11.4 Å². The van der Waals surface area contributed by atoms with Crippen LogP contribution in [0, 0.1) is 52.3 Å². The second kappa shape index (κ2) is 11.5. The topological polar surface area (TPSA) is 102 Å². The smallest absolute Gasteiger partial charge is 0.421 e. The Balaban J connectivity index is 1.08. The van der Waals surface area contributed by atoms with E-state index < -0.39 is 16.1 Å². The number of aliphatic hydroxyl groups excluding tert-OH is 1. The summed E-state index contributed by atoms with van der Waals surface area (Å²) in [6.07, 6.45) is 10.9. The van der Waals surface area contributed by atoms with Gasteiger partial charge in [-0.15, -0.1) is 0 Å². The van der Waals surface area contributed by atoms with Crippen LogP contribution in [0.1, 0.15) is 111 Å². The molecule has 6 rings (SSSR count). The average molecular weight is 630 g/mol. The third-order valence-corrected chi connectivity index (χ3v) is 14.8. The minimum absolute atomic E-state index is 0.0498. The summed E-state index contributed by atoms with van der Waals surface area (Å²) in [4.78, 5) is 12.8. The van der Waals surface area contributed by atoms with E-state index in [2.05, 4.69) is 32.4 Å². The molecule has 1 amide bonds. The summed E-state index contributed by atoms with van der Waals surface area (Å²) in [5, 5.41) is 10.5. The number of fused-ring (bicyclic) bond motifs is 6. The number of carbonyl (C=O) groups is 1. The van der Waals surface area contributed by atoms with Gasteiger partial charge in [-0.3, -0.25) is 0 Å². The number of nitrogens with one attached hydrogen (secondary N) is 1. The van der Waals surface area contributed by atoms with Gasteiger partial charge >= 0.3 is 6.09 Å². The first-order valence-corrected chi connectivity index (χ1v) is 18.8. The highest BCUT2D eigenvalue weighted by Crippen LogP contribution is 2.69. The highest BCUT2D eigenvalue weighted by atomic mass is 32.2. The molecule has 44 heavy (non-hydrogen) atoms. The molecule has 1 heterocycles. The molecule has 2 N–H and O–H groups in total. The molecular formula is C36H55NO6S. The molecule has 8 heteroatoms. The number of aryl methyl sites for hydroxylation is 1. The van der Waals surface area contributed by atoms with Crippen molar-refractivity contribution in [1.82, 2.24) is 4.72 Å². The van der Waals surface area contributed by atoms with Crippen molar-refractivity contribution in [3.8, 4) is 5.75 Å². The van der Waals surface area contributed by atoms with Gasteiger partial charge in [-0.1, -0.05) is 34.1 Å². The lowest BCUT2D eigenvalue weighted by Gasteiger charge is -2.63. The summed E-state index contributed by atoms with van der Waals surface area (Å²) in [5.41, 5.74) is 1.10. The van der Waals surface area contributed by atoms with Crippen LogP contribution in [0.25, 0.3) is 0 Å². The molecule has 0 aromatic heterocycles. The lowest BCUT2D eigenvalue weighted by molar-refractivity contribution is -0.153. The number of aliphatic hydroxyl groups is 1. The van der Waals surface area contributed by atoms with Crippen molar-refractivity contribution in [1.29, 1.82) is 0 Å². The third-order valence-electron chi connectivity index (χ3n) is 13.5. The van der Waals surface area contributed by atoms with Crippen molar-refractivity contribution in [2.75, 3.05) is 6.61 Å². The monoisotopic (exact) mass is 629 g/mol. The first-order valence-electron chi connectivity index (χ1n) is 17.4. The van der Waals surface area contributed by atoms with Crippen molar-refractivity contribution in [3.63, 3.8) is 0 Å². The van der Waals surface area contributed by atoms with Crippen LogP contribution in [0.5, 0.6) is 5.75 Å². The van der Waals surface area contributed by atoms with Crippen LogP contribution >= 0.6 is 0 Å². The molecule has 0 spiro atoms. The van der Waals surface area contributed by atoms with E-state index in [1.54, 1.807) is 12.1 Å². The molecule has 1 aromatic rings. The molecule has 246 valence electrons. The van der Waals surface area contributed by atoms with E-state index in [1.165, 1.54) is 38.2 Å². The molecule has 4 aliphatic carbocycles. The van der Waals surface area contributed by atoms with Gasteiger partial charge < -0.3 is 14.6 Å². The maximum Gasteiger partial charge on any atom is 0.421 e. The van der Waals surface area contributed by atoms with Gasteiger partial charge in [0.05, 0.1) is 17.6 Å². The average Bonchev–Trinajstić information content (AvgIpc) is 3.32.